The van der Waals surface area contributed by atoms with E-state index in [9.17, 15) is 5.11 Å². The molecule has 0 bridgehead atoms. The van der Waals surface area contributed by atoms with E-state index in [1.165, 1.54) is 11.8 Å². The Bertz CT molecular complexity index is 766. The van der Waals surface area contributed by atoms with Gasteiger partial charge in [-0.1, -0.05) is 59.3 Å². The van der Waals surface area contributed by atoms with E-state index in [0.717, 1.165) is 27.5 Å². The number of aryl methyl sites for hydroxylation is 2. The van der Waals surface area contributed by atoms with E-state index in [-0.39, 0.29) is 0 Å². The van der Waals surface area contributed by atoms with Crippen LogP contribution in [0.1, 0.15) is 22.8 Å². The van der Waals surface area contributed by atoms with Gasteiger partial charge in [0.05, 0.1) is 6.10 Å². The number of benzene rings is 2. The lowest BCUT2D eigenvalue weighted by atomic mass is 10.0. The average Bonchev–Trinajstić information content (AvgIpc) is 3.01. The second-order valence-electron chi connectivity index (χ2n) is 5.57. The van der Waals surface area contributed by atoms with Crippen LogP contribution in [0.2, 0.25) is 0 Å². The van der Waals surface area contributed by atoms with Crippen LogP contribution in [0.4, 0.5) is 0 Å². The summed E-state index contributed by atoms with van der Waals surface area (Å²) in [5, 5.41) is 19.4. The fraction of sp³-hybridized carbons (Fsp3) is 0.222. The van der Waals surface area contributed by atoms with Crippen LogP contribution in [0.5, 0.6) is 0 Å². The third kappa shape index (κ3) is 3.81. The first kappa shape index (κ1) is 15.8. The number of nitrogens with zero attached hydrogens (tertiary/aromatic N) is 3. The highest BCUT2D eigenvalue weighted by molar-refractivity contribution is 7.99. The molecule has 1 unspecified atom stereocenters. The lowest BCUT2D eigenvalue weighted by Crippen LogP contribution is -2.03. The molecule has 3 rings (SSSR count). The summed E-state index contributed by atoms with van der Waals surface area (Å²) in [5.41, 5.74) is 4.29. The van der Waals surface area contributed by atoms with E-state index in [1.807, 2.05) is 60.9 Å². The Morgan fingerprint density at radius 1 is 1.09 bits per heavy atom. The van der Waals surface area contributed by atoms with Crippen molar-refractivity contribution < 1.29 is 5.11 Å². The van der Waals surface area contributed by atoms with Crippen molar-refractivity contribution in [3.8, 4) is 5.69 Å². The van der Waals surface area contributed by atoms with Crippen molar-refractivity contribution in [1.82, 2.24) is 14.8 Å². The molecule has 0 spiro atoms. The van der Waals surface area contributed by atoms with Crippen molar-refractivity contribution >= 4 is 11.8 Å². The van der Waals surface area contributed by atoms with Gasteiger partial charge in [-0.2, -0.15) is 0 Å². The highest BCUT2D eigenvalue weighted by Crippen LogP contribution is 2.26. The number of rotatable bonds is 5. The van der Waals surface area contributed by atoms with Gasteiger partial charge in [0.2, 0.25) is 0 Å². The van der Waals surface area contributed by atoms with Gasteiger partial charge in [-0.3, -0.25) is 4.57 Å². The van der Waals surface area contributed by atoms with E-state index >= 15 is 0 Å². The van der Waals surface area contributed by atoms with Gasteiger partial charge in [-0.15, -0.1) is 10.2 Å². The Morgan fingerprint density at radius 3 is 2.48 bits per heavy atom. The number of para-hydroxylation sites is 1. The molecule has 1 N–H and O–H groups in total. The molecular formula is C18H19N3OS. The first-order valence-electron chi connectivity index (χ1n) is 7.48. The molecule has 23 heavy (non-hydrogen) atoms. The second-order valence-corrected chi connectivity index (χ2v) is 6.55. The van der Waals surface area contributed by atoms with Crippen molar-refractivity contribution in [2.75, 3.05) is 5.75 Å². The zero-order chi connectivity index (χ0) is 16.2. The van der Waals surface area contributed by atoms with Gasteiger partial charge < -0.3 is 5.11 Å². The van der Waals surface area contributed by atoms with Crippen molar-refractivity contribution in [3.63, 3.8) is 0 Å². The molecule has 118 valence electrons. The summed E-state index contributed by atoms with van der Waals surface area (Å²) >= 11 is 1.50. The topological polar surface area (TPSA) is 50.9 Å². The van der Waals surface area contributed by atoms with Crippen LogP contribution in [-0.4, -0.2) is 25.6 Å². The van der Waals surface area contributed by atoms with E-state index < -0.39 is 6.10 Å². The quantitative estimate of drug-likeness (QED) is 0.727. The zero-order valence-corrected chi connectivity index (χ0v) is 14.0. The molecule has 0 aliphatic carbocycles. The Labute approximate surface area is 140 Å². The molecule has 0 radical (unpaired) electrons. The summed E-state index contributed by atoms with van der Waals surface area (Å²) in [4.78, 5) is 0. The molecule has 0 saturated carbocycles. The van der Waals surface area contributed by atoms with Crippen LogP contribution in [0, 0.1) is 13.8 Å². The third-order valence-electron chi connectivity index (χ3n) is 3.55. The largest absolute Gasteiger partial charge is 0.388 e. The van der Waals surface area contributed by atoms with Crippen LogP contribution in [0.25, 0.3) is 5.69 Å². The number of aromatic nitrogens is 3. The predicted molar refractivity (Wildman–Crippen MR) is 93.0 cm³/mol. The number of aliphatic hydroxyl groups excluding tert-OH is 1. The van der Waals surface area contributed by atoms with E-state index in [0.29, 0.717) is 5.75 Å². The van der Waals surface area contributed by atoms with Crippen molar-refractivity contribution in [2.45, 2.75) is 25.1 Å². The third-order valence-corrected chi connectivity index (χ3v) is 4.57. The summed E-state index contributed by atoms with van der Waals surface area (Å²) < 4.78 is 1.93. The summed E-state index contributed by atoms with van der Waals surface area (Å²) in [6.07, 6.45) is 1.17. The summed E-state index contributed by atoms with van der Waals surface area (Å²) in [5.74, 6) is 0.536. The molecule has 0 saturated heterocycles. The maximum absolute atomic E-state index is 10.5. The molecule has 0 amide bonds. The lowest BCUT2D eigenvalue weighted by molar-refractivity contribution is 0.204. The second kappa shape index (κ2) is 6.98. The maximum atomic E-state index is 10.5. The molecule has 5 heteroatoms. The standard InChI is InChI=1S/C18H19N3OS/c1-13-8-14(2)10-15(9-13)17(22)11-23-18-20-19-12-21(18)16-6-4-3-5-7-16/h3-10,12,17,22H,11H2,1-2H3. The average molecular weight is 325 g/mol. The minimum atomic E-state index is -0.528. The Kier molecular flexibility index (Phi) is 4.79. The Hall–Kier alpha value is -2.11. The van der Waals surface area contributed by atoms with Crippen LogP contribution >= 0.6 is 11.8 Å². The molecule has 1 atom stereocenters. The predicted octanol–water partition coefficient (Wildman–Crippen LogP) is 3.71. The van der Waals surface area contributed by atoms with E-state index in [4.69, 9.17) is 0 Å². The van der Waals surface area contributed by atoms with Crippen molar-refractivity contribution in [2.24, 2.45) is 0 Å². The number of hydrogen-bond donors (Lipinski definition) is 1. The zero-order valence-electron chi connectivity index (χ0n) is 13.2. The molecule has 0 fully saturated rings. The molecule has 0 aliphatic rings. The normalized spacial score (nSPS) is 12.3. The highest BCUT2D eigenvalue weighted by atomic mass is 32.2. The SMILES string of the molecule is Cc1cc(C)cc(C(O)CSc2nncn2-c2ccccc2)c1. The maximum Gasteiger partial charge on any atom is 0.195 e. The molecule has 2 aromatic carbocycles. The number of aliphatic hydroxyl groups is 1. The van der Waals surface area contributed by atoms with Crippen molar-refractivity contribution in [1.29, 1.82) is 0 Å². The van der Waals surface area contributed by atoms with Crippen molar-refractivity contribution in [3.05, 3.63) is 71.5 Å². The van der Waals surface area contributed by atoms with Crippen LogP contribution < -0.4 is 0 Å². The van der Waals surface area contributed by atoms with E-state index in [1.54, 1.807) is 6.33 Å². The smallest absolute Gasteiger partial charge is 0.195 e. The lowest BCUT2D eigenvalue weighted by Gasteiger charge is -2.13. The minimum absolute atomic E-state index is 0.528. The summed E-state index contributed by atoms with van der Waals surface area (Å²) in [7, 11) is 0. The molecule has 0 aliphatic heterocycles. The monoisotopic (exact) mass is 325 g/mol. The van der Waals surface area contributed by atoms with Gasteiger partial charge >= 0.3 is 0 Å². The fourth-order valence-corrected chi connectivity index (χ4v) is 3.44. The number of hydrogen-bond acceptors (Lipinski definition) is 4. The van der Waals surface area contributed by atoms with Gasteiger partial charge in [0, 0.05) is 11.4 Å². The minimum Gasteiger partial charge on any atom is -0.388 e. The van der Waals surface area contributed by atoms with Gasteiger partial charge in [0.15, 0.2) is 5.16 Å². The van der Waals surface area contributed by atoms with Crippen LogP contribution in [0.3, 0.4) is 0 Å². The van der Waals surface area contributed by atoms with E-state index in [2.05, 4.69) is 16.3 Å². The van der Waals surface area contributed by atoms with Gasteiger partial charge in [-0.05, 0) is 31.5 Å². The Morgan fingerprint density at radius 2 is 1.78 bits per heavy atom. The highest BCUT2D eigenvalue weighted by Gasteiger charge is 2.13. The number of thioether (sulfide) groups is 1. The fourth-order valence-electron chi connectivity index (χ4n) is 2.54. The summed E-state index contributed by atoms with van der Waals surface area (Å²) in [6, 6.07) is 16.1. The molecule has 1 aromatic heterocycles. The molecular weight excluding hydrogens is 306 g/mol. The molecule has 4 nitrogen and oxygen atoms in total. The van der Waals surface area contributed by atoms with Crippen LogP contribution in [-0.2, 0) is 0 Å². The van der Waals surface area contributed by atoms with Gasteiger partial charge in [-0.25, -0.2) is 0 Å². The Balaban J connectivity index is 1.73. The summed E-state index contributed by atoms with van der Waals surface area (Å²) in [6.45, 7) is 4.09. The van der Waals surface area contributed by atoms with Crippen LogP contribution in [0.15, 0.2) is 60.0 Å². The first-order valence-corrected chi connectivity index (χ1v) is 8.46. The molecule has 3 aromatic rings. The van der Waals surface area contributed by atoms with Gasteiger partial charge in [0.1, 0.15) is 6.33 Å². The van der Waals surface area contributed by atoms with Gasteiger partial charge in [0.25, 0.3) is 0 Å². The molecule has 1 heterocycles. The first-order chi connectivity index (χ1) is 11.1.